The van der Waals surface area contributed by atoms with Crippen molar-refractivity contribution >= 4 is 18.3 Å². The van der Waals surface area contributed by atoms with Crippen LogP contribution in [0.15, 0.2) is 36.4 Å². The van der Waals surface area contributed by atoms with Crippen LogP contribution in [0.2, 0.25) is 0 Å². The highest BCUT2D eigenvalue weighted by Crippen LogP contribution is 2.38. The summed E-state index contributed by atoms with van der Waals surface area (Å²) in [6, 6.07) is 14.3. The van der Waals surface area contributed by atoms with Gasteiger partial charge >= 0.3 is 0 Å². The summed E-state index contributed by atoms with van der Waals surface area (Å²) >= 11 is 0. The van der Waals surface area contributed by atoms with Crippen molar-refractivity contribution < 1.29 is 4.79 Å². The van der Waals surface area contributed by atoms with Gasteiger partial charge in [-0.3, -0.25) is 4.79 Å². The lowest BCUT2D eigenvalue weighted by atomic mass is 9.81. The highest BCUT2D eigenvalue weighted by Gasteiger charge is 2.43. The first-order valence-electron chi connectivity index (χ1n) is 9.27. The van der Waals surface area contributed by atoms with E-state index in [1.165, 1.54) is 11.1 Å². The number of nitrogens with one attached hydrogen (secondary N) is 1. The largest absolute Gasteiger partial charge is 0.329 e. The molecule has 140 valence electrons. The smallest absolute Gasteiger partial charge is 0.255 e. The fraction of sp³-hybridized carbons (Fsp3) is 0.364. The molecule has 0 unspecified atom stereocenters. The van der Waals surface area contributed by atoms with Crippen molar-refractivity contribution in [2.75, 3.05) is 13.1 Å². The summed E-state index contributed by atoms with van der Waals surface area (Å²) in [4.78, 5) is 15.4. The molecule has 4 rings (SSSR count). The quantitative estimate of drug-likeness (QED) is 0.884. The van der Waals surface area contributed by atoms with Gasteiger partial charge < -0.3 is 10.2 Å². The maximum atomic E-state index is 13.4. The molecular formula is C22H24ClN3O. The third kappa shape index (κ3) is 3.22. The first-order valence-corrected chi connectivity index (χ1v) is 9.27. The number of nitrogens with zero attached hydrogens (tertiary/aromatic N) is 2. The zero-order chi connectivity index (χ0) is 18.3. The minimum absolute atomic E-state index is 0. The molecule has 4 nitrogen and oxygen atoms in total. The molecule has 1 amide bonds. The Morgan fingerprint density at radius 2 is 2.04 bits per heavy atom. The number of benzene rings is 2. The summed E-state index contributed by atoms with van der Waals surface area (Å²) in [6.07, 6.45) is 0.979. The van der Waals surface area contributed by atoms with Gasteiger partial charge in [-0.1, -0.05) is 37.3 Å². The molecule has 0 aliphatic carbocycles. The molecule has 0 spiro atoms. The number of hydrogen-bond donors (Lipinski definition) is 1. The maximum absolute atomic E-state index is 13.4. The fourth-order valence-electron chi connectivity index (χ4n) is 4.42. The molecular weight excluding hydrogens is 358 g/mol. The van der Waals surface area contributed by atoms with E-state index in [9.17, 15) is 10.1 Å². The van der Waals surface area contributed by atoms with Gasteiger partial charge in [-0.05, 0) is 41.7 Å². The Balaban J connectivity index is 0.00000210. The lowest BCUT2D eigenvalue weighted by molar-refractivity contribution is 0.0629. The third-order valence-electron chi connectivity index (χ3n) is 5.77. The number of halogens is 1. The molecule has 27 heavy (non-hydrogen) atoms. The van der Waals surface area contributed by atoms with Gasteiger partial charge in [0.25, 0.3) is 5.91 Å². The predicted octanol–water partition coefficient (Wildman–Crippen LogP) is 3.56. The van der Waals surface area contributed by atoms with Crippen molar-refractivity contribution in [1.82, 2.24) is 10.2 Å². The number of fused-ring (bicyclic) bond motifs is 3. The lowest BCUT2D eigenvalue weighted by Gasteiger charge is -2.39. The molecule has 2 aliphatic heterocycles. The number of rotatable bonds is 3. The maximum Gasteiger partial charge on any atom is 0.255 e. The van der Waals surface area contributed by atoms with E-state index < -0.39 is 0 Å². The van der Waals surface area contributed by atoms with Crippen LogP contribution in [0.1, 0.15) is 51.0 Å². The first-order chi connectivity index (χ1) is 12.6. The molecule has 2 aromatic rings. The zero-order valence-electron chi connectivity index (χ0n) is 15.7. The van der Waals surface area contributed by atoms with E-state index in [4.69, 9.17) is 0 Å². The van der Waals surface area contributed by atoms with Gasteiger partial charge in [0.05, 0.1) is 17.7 Å². The Morgan fingerprint density at radius 3 is 2.78 bits per heavy atom. The summed E-state index contributed by atoms with van der Waals surface area (Å²) in [5.41, 5.74) is 5.98. The second kappa shape index (κ2) is 7.72. The standard InChI is InChI=1S/C22H23N3O.ClH/c1-3-15-8-14(2)21-18(9-15)19-11-24-12-20(19)25(22(21)26)13-17-7-5-4-6-16(17)10-23;/h4-9,19-20,24H,3,11-13H2,1-2H3;1H/t19-,20+;/m1./s1. The van der Waals surface area contributed by atoms with Crippen LogP contribution in [0.4, 0.5) is 0 Å². The minimum atomic E-state index is 0. The van der Waals surface area contributed by atoms with Gasteiger partial charge in [0.1, 0.15) is 0 Å². The molecule has 1 fully saturated rings. The first kappa shape index (κ1) is 19.4. The molecule has 5 heteroatoms. The number of amides is 1. The highest BCUT2D eigenvalue weighted by molar-refractivity contribution is 5.99. The third-order valence-corrected chi connectivity index (χ3v) is 5.77. The van der Waals surface area contributed by atoms with Gasteiger partial charge in [-0.2, -0.15) is 5.26 Å². The summed E-state index contributed by atoms with van der Waals surface area (Å²) in [5, 5.41) is 12.9. The second-order valence-corrected chi connectivity index (χ2v) is 7.26. The van der Waals surface area contributed by atoms with Crippen molar-refractivity contribution in [2.45, 2.75) is 38.8 Å². The topological polar surface area (TPSA) is 56.1 Å². The Labute approximate surface area is 166 Å². The molecule has 2 heterocycles. The second-order valence-electron chi connectivity index (χ2n) is 7.26. The van der Waals surface area contributed by atoms with Crippen LogP contribution in [0.5, 0.6) is 0 Å². The van der Waals surface area contributed by atoms with E-state index in [0.29, 0.717) is 18.0 Å². The fourth-order valence-corrected chi connectivity index (χ4v) is 4.42. The number of carbonyl (C=O) groups is 1. The normalized spacial score (nSPS) is 20.5. The SMILES string of the molecule is CCc1cc(C)c2c(c1)[C@H]1CNC[C@@H]1N(Cc1ccccc1C#N)C2=O.Cl. The number of hydrogen-bond acceptors (Lipinski definition) is 3. The van der Waals surface area contributed by atoms with Crippen LogP contribution in [-0.2, 0) is 13.0 Å². The Kier molecular flexibility index (Phi) is 5.55. The van der Waals surface area contributed by atoms with Crippen molar-refractivity contribution in [3.05, 3.63) is 69.8 Å². The number of nitriles is 1. The number of carbonyl (C=O) groups excluding carboxylic acids is 1. The van der Waals surface area contributed by atoms with E-state index in [-0.39, 0.29) is 24.4 Å². The van der Waals surface area contributed by atoms with Crippen LogP contribution >= 0.6 is 12.4 Å². The predicted molar refractivity (Wildman–Crippen MR) is 108 cm³/mol. The molecule has 1 saturated heterocycles. The molecule has 0 bridgehead atoms. The molecule has 0 saturated carbocycles. The van der Waals surface area contributed by atoms with E-state index in [0.717, 1.165) is 36.2 Å². The van der Waals surface area contributed by atoms with Gasteiger partial charge in [-0.15, -0.1) is 12.4 Å². The highest BCUT2D eigenvalue weighted by atomic mass is 35.5. The van der Waals surface area contributed by atoms with Crippen molar-refractivity contribution in [1.29, 1.82) is 5.26 Å². The van der Waals surface area contributed by atoms with Crippen molar-refractivity contribution in [3.8, 4) is 6.07 Å². The van der Waals surface area contributed by atoms with Crippen LogP contribution < -0.4 is 5.32 Å². The monoisotopic (exact) mass is 381 g/mol. The van der Waals surface area contributed by atoms with Gasteiger partial charge in [-0.25, -0.2) is 0 Å². The lowest BCUT2D eigenvalue weighted by Crippen LogP contribution is -2.48. The molecule has 1 N–H and O–H groups in total. The summed E-state index contributed by atoms with van der Waals surface area (Å²) < 4.78 is 0. The molecule has 2 aliphatic rings. The number of aryl methyl sites for hydroxylation is 2. The van der Waals surface area contributed by atoms with Crippen LogP contribution in [0, 0.1) is 18.3 Å². The summed E-state index contributed by atoms with van der Waals surface area (Å²) in [7, 11) is 0. The average molecular weight is 382 g/mol. The van der Waals surface area contributed by atoms with E-state index in [1.54, 1.807) is 0 Å². The van der Waals surface area contributed by atoms with Gasteiger partial charge in [0.15, 0.2) is 0 Å². The Hall–Kier alpha value is -2.35. The van der Waals surface area contributed by atoms with Crippen LogP contribution in [0.3, 0.4) is 0 Å². The van der Waals surface area contributed by atoms with Gasteiger partial charge in [0.2, 0.25) is 0 Å². The Bertz CT molecular complexity index is 918. The van der Waals surface area contributed by atoms with E-state index in [1.807, 2.05) is 36.1 Å². The Morgan fingerprint density at radius 1 is 1.26 bits per heavy atom. The van der Waals surface area contributed by atoms with Crippen LogP contribution in [-0.4, -0.2) is 29.9 Å². The van der Waals surface area contributed by atoms with E-state index in [2.05, 4.69) is 30.4 Å². The summed E-state index contributed by atoms with van der Waals surface area (Å²) in [6.45, 7) is 6.38. The van der Waals surface area contributed by atoms with Crippen molar-refractivity contribution in [2.24, 2.45) is 0 Å². The zero-order valence-corrected chi connectivity index (χ0v) is 16.5. The average Bonchev–Trinajstić information content (AvgIpc) is 3.14. The van der Waals surface area contributed by atoms with Crippen molar-refractivity contribution in [3.63, 3.8) is 0 Å². The van der Waals surface area contributed by atoms with Crippen LogP contribution in [0.25, 0.3) is 0 Å². The minimum Gasteiger partial charge on any atom is -0.329 e. The summed E-state index contributed by atoms with van der Waals surface area (Å²) in [5.74, 6) is 0.417. The van der Waals surface area contributed by atoms with E-state index >= 15 is 0 Å². The van der Waals surface area contributed by atoms with Gasteiger partial charge in [0, 0.05) is 31.1 Å². The molecule has 2 atom stereocenters. The molecule has 2 aromatic carbocycles. The molecule has 0 radical (unpaired) electrons. The molecule has 0 aromatic heterocycles.